The van der Waals surface area contributed by atoms with Crippen molar-refractivity contribution < 1.29 is 4.79 Å². The second-order valence-electron chi connectivity index (χ2n) is 8.25. The molecule has 1 saturated heterocycles. The van der Waals surface area contributed by atoms with Crippen LogP contribution < -0.4 is 0 Å². The third kappa shape index (κ3) is 5.21. The minimum atomic E-state index is -0.0859. The van der Waals surface area contributed by atoms with Crippen molar-refractivity contribution in [1.29, 1.82) is 5.26 Å². The molecule has 2 heterocycles. The molecule has 7 nitrogen and oxygen atoms in total. The first-order valence-electron chi connectivity index (χ1n) is 10.4. The van der Waals surface area contributed by atoms with Crippen LogP contribution in [0.3, 0.4) is 0 Å². The number of nitriles is 1. The lowest BCUT2D eigenvalue weighted by molar-refractivity contribution is -0.130. The molecule has 1 aromatic carbocycles. The summed E-state index contributed by atoms with van der Waals surface area (Å²) in [7, 11) is 0. The molecule has 0 saturated carbocycles. The lowest BCUT2D eigenvalue weighted by atomic mass is 10.0. The number of nitrogens with zero attached hydrogens (tertiary/aromatic N) is 6. The maximum absolute atomic E-state index is 12.7. The fourth-order valence-electron chi connectivity index (χ4n) is 3.64. The van der Waals surface area contributed by atoms with E-state index in [0.717, 1.165) is 18.8 Å². The largest absolute Gasteiger partial charge is 0.339 e. The van der Waals surface area contributed by atoms with E-state index in [0.29, 0.717) is 29.9 Å². The van der Waals surface area contributed by atoms with Crippen molar-refractivity contribution in [2.75, 3.05) is 31.9 Å². The van der Waals surface area contributed by atoms with Gasteiger partial charge >= 0.3 is 0 Å². The van der Waals surface area contributed by atoms with E-state index >= 15 is 0 Å². The molecule has 0 radical (unpaired) electrons. The summed E-state index contributed by atoms with van der Waals surface area (Å²) in [5.74, 6) is 1.20. The van der Waals surface area contributed by atoms with Crippen molar-refractivity contribution >= 4 is 17.7 Å². The summed E-state index contributed by atoms with van der Waals surface area (Å²) in [5, 5.41) is 18.3. The van der Waals surface area contributed by atoms with Gasteiger partial charge in [-0.2, -0.15) is 5.26 Å². The number of thioether (sulfide) groups is 1. The van der Waals surface area contributed by atoms with Crippen LogP contribution in [0, 0.1) is 17.2 Å². The van der Waals surface area contributed by atoms with Crippen LogP contribution in [0.25, 0.3) is 5.69 Å². The van der Waals surface area contributed by atoms with Gasteiger partial charge in [-0.25, -0.2) is 0 Å². The lowest BCUT2D eigenvalue weighted by Crippen LogP contribution is -2.53. The molecule has 1 aliphatic rings. The van der Waals surface area contributed by atoms with Gasteiger partial charge in [0.1, 0.15) is 12.4 Å². The zero-order valence-corrected chi connectivity index (χ0v) is 19.0. The normalized spacial score (nSPS) is 16.1. The molecule has 1 aliphatic heterocycles. The van der Waals surface area contributed by atoms with Crippen LogP contribution in [0.15, 0.2) is 35.7 Å². The summed E-state index contributed by atoms with van der Waals surface area (Å²) in [5.41, 5.74) is 2.27. The number of carbonyl (C=O) groups excluding carboxylic acids is 1. The fourth-order valence-corrected chi connectivity index (χ4v) is 4.47. The Kier molecular flexibility index (Phi) is 7.51. The van der Waals surface area contributed by atoms with Crippen molar-refractivity contribution in [3.8, 4) is 11.8 Å². The van der Waals surface area contributed by atoms with Crippen molar-refractivity contribution in [2.45, 2.75) is 44.8 Å². The zero-order chi connectivity index (χ0) is 21.7. The molecular weight excluding hydrogens is 396 g/mol. The highest BCUT2D eigenvalue weighted by Crippen LogP contribution is 2.22. The molecule has 0 bridgehead atoms. The third-order valence-electron chi connectivity index (χ3n) is 5.50. The lowest BCUT2D eigenvalue weighted by Gasteiger charge is -2.38. The molecule has 1 aromatic heterocycles. The van der Waals surface area contributed by atoms with Gasteiger partial charge in [-0.1, -0.05) is 51.6 Å². The number of hydrogen-bond donors (Lipinski definition) is 0. The van der Waals surface area contributed by atoms with Gasteiger partial charge in [0.2, 0.25) is 5.91 Å². The molecular formula is C22H30N6OS. The Morgan fingerprint density at radius 3 is 2.37 bits per heavy atom. The first kappa shape index (κ1) is 22.3. The Bertz CT molecular complexity index is 878. The number of aromatic nitrogens is 3. The standard InChI is InChI=1S/C22H30N6OS/c1-16(2)18-5-7-19(8-6-18)28-15-24-25-22(28)30-14-21(29)27-11-9-26(10-12-27)20(13-23)17(3)4/h5-8,15-17,20H,9-12,14H2,1-4H3. The third-order valence-corrected chi connectivity index (χ3v) is 6.43. The van der Waals surface area contributed by atoms with Crippen LogP contribution >= 0.6 is 11.8 Å². The monoisotopic (exact) mass is 426 g/mol. The van der Waals surface area contributed by atoms with Crippen LogP contribution in [0.2, 0.25) is 0 Å². The number of amides is 1. The molecule has 1 unspecified atom stereocenters. The molecule has 2 aromatic rings. The van der Waals surface area contributed by atoms with Gasteiger partial charge in [0.15, 0.2) is 5.16 Å². The van der Waals surface area contributed by atoms with Gasteiger partial charge in [0.25, 0.3) is 0 Å². The summed E-state index contributed by atoms with van der Waals surface area (Å²) in [6.45, 7) is 11.3. The Morgan fingerprint density at radius 2 is 1.80 bits per heavy atom. The fraction of sp³-hybridized carbons (Fsp3) is 0.545. The van der Waals surface area contributed by atoms with E-state index in [4.69, 9.17) is 0 Å². The second-order valence-corrected chi connectivity index (χ2v) is 9.20. The highest BCUT2D eigenvalue weighted by molar-refractivity contribution is 7.99. The average Bonchev–Trinajstić information content (AvgIpc) is 3.21. The molecule has 0 N–H and O–H groups in total. The number of carbonyl (C=O) groups is 1. The topological polar surface area (TPSA) is 78.1 Å². The Balaban J connectivity index is 1.55. The molecule has 1 fully saturated rings. The maximum atomic E-state index is 12.7. The van der Waals surface area contributed by atoms with E-state index in [1.165, 1.54) is 17.3 Å². The van der Waals surface area contributed by atoms with Crippen LogP contribution in [-0.2, 0) is 4.79 Å². The predicted molar refractivity (Wildman–Crippen MR) is 119 cm³/mol. The van der Waals surface area contributed by atoms with Gasteiger partial charge in [0, 0.05) is 31.9 Å². The Hall–Kier alpha value is -2.37. The van der Waals surface area contributed by atoms with Gasteiger partial charge in [-0.05, 0) is 29.5 Å². The average molecular weight is 427 g/mol. The number of rotatable bonds is 7. The molecule has 0 aliphatic carbocycles. The van der Waals surface area contributed by atoms with Gasteiger partial charge in [0.05, 0.1) is 11.8 Å². The van der Waals surface area contributed by atoms with Crippen molar-refractivity contribution in [2.24, 2.45) is 5.92 Å². The van der Waals surface area contributed by atoms with E-state index in [9.17, 15) is 10.1 Å². The van der Waals surface area contributed by atoms with E-state index in [2.05, 4.69) is 73.1 Å². The summed E-state index contributed by atoms with van der Waals surface area (Å²) in [6, 6.07) is 10.7. The van der Waals surface area contributed by atoms with Gasteiger partial charge < -0.3 is 4.90 Å². The molecule has 8 heteroatoms. The zero-order valence-electron chi connectivity index (χ0n) is 18.2. The summed E-state index contributed by atoms with van der Waals surface area (Å²) >= 11 is 1.41. The Labute approximate surface area is 183 Å². The quantitative estimate of drug-likeness (QED) is 0.633. The summed E-state index contributed by atoms with van der Waals surface area (Å²) in [6.07, 6.45) is 1.68. The van der Waals surface area contributed by atoms with E-state index in [1.807, 2.05) is 9.47 Å². The van der Waals surface area contributed by atoms with Crippen molar-refractivity contribution in [3.63, 3.8) is 0 Å². The highest BCUT2D eigenvalue weighted by Gasteiger charge is 2.27. The highest BCUT2D eigenvalue weighted by atomic mass is 32.2. The number of benzene rings is 1. The predicted octanol–water partition coefficient (Wildman–Crippen LogP) is 3.18. The van der Waals surface area contributed by atoms with E-state index in [1.54, 1.807) is 6.33 Å². The van der Waals surface area contributed by atoms with Crippen LogP contribution in [0.1, 0.15) is 39.2 Å². The van der Waals surface area contributed by atoms with E-state index < -0.39 is 0 Å². The minimum Gasteiger partial charge on any atom is -0.339 e. The first-order valence-corrected chi connectivity index (χ1v) is 11.4. The maximum Gasteiger partial charge on any atom is 0.233 e. The van der Waals surface area contributed by atoms with Crippen LogP contribution in [0.4, 0.5) is 0 Å². The minimum absolute atomic E-state index is 0.0859. The number of piperazine rings is 1. The summed E-state index contributed by atoms with van der Waals surface area (Å²) in [4.78, 5) is 16.8. The van der Waals surface area contributed by atoms with Crippen molar-refractivity contribution in [1.82, 2.24) is 24.6 Å². The molecule has 160 valence electrons. The first-order chi connectivity index (χ1) is 14.4. The van der Waals surface area contributed by atoms with Gasteiger partial charge in [-0.15, -0.1) is 10.2 Å². The molecule has 3 rings (SSSR count). The smallest absolute Gasteiger partial charge is 0.233 e. The van der Waals surface area contributed by atoms with Crippen LogP contribution in [0.5, 0.6) is 0 Å². The number of hydrogen-bond acceptors (Lipinski definition) is 6. The van der Waals surface area contributed by atoms with Crippen LogP contribution in [-0.4, -0.2) is 68.4 Å². The van der Waals surface area contributed by atoms with E-state index in [-0.39, 0.29) is 17.9 Å². The van der Waals surface area contributed by atoms with Gasteiger partial charge in [-0.3, -0.25) is 14.3 Å². The molecule has 1 atom stereocenters. The SMILES string of the molecule is CC(C)c1ccc(-n2cnnc2SCC(=O)N2CCN(C(C#N)C(C)C)CC2)cc1. The molecule has 1 amide bonds. The second kappa shape index (κ2) is 10.1. The summed E-state index contributed by atoms with van der Waals surface area (Å²) < 4.78 is 1.92. The molecule has 0 spiro atoms. The Morgan fingerprint density at radius 1 is 1.13 bits per heavy atom. The molecule has 30 heavy (non-hydrogen) atoms. The van der Waals surface area contributed by atoms with Crippen molar-refractivity contribution in [3.05, 3.63) is 36.2 Å².